The van der Waals surface area contributed by atoms with E-state index < -0.39 is 0 Å². The number of aryl methyl sites for hydroxylation is 2. The highest BCUT2D eigenvalue weighted by Crippen LogP contribution is 2.28. The van der Waals surface area contributed by atoms with Crippen LogP contribution < -0.4 is 5.32 Å². The molecule has 0 aliphatic heterocycles. The smallest absolute Gasteiger partial charge is 0.268 e. The molecule has 0 aromatic carbocycles. The van der Waals surface area contributed by atoms with Crippen LogP contribution in [0.3, 0.4) is 0 Å². The first-order chi connectivity index (χ1) is 8.60. The van der Waals surface area contributed by atoms with Crippen LogP contribution in [0.25, 0.3) is 0 Å². The largest absolute Gasteiger partial charge is 0.290 e. The minimum absolute atomic E-state index is 0.175. The van der Waals surface area contributed by atoms with Crippen molar-refractivity contribution in [1.82, 2.24) is 9.97 Å². The van der Waals surface area contributed by atoms with E-state index in [4.69, 9.17) is 0 Å². The van der Waals surface area contributed by atoms with E-state index in [1.165, 1.54) is 11.3 Å². The number of carbonyl (C=O) groups excluding carboxylic acids is 1. The zero-order chi connectivity index (χ0) is 13.1. The zero-order valence-electron chi connectivity index (χ0n) is 10.0. The number of amides is 1. The fraction of sp³-hybridized carbons (Fsp3) is 0.250. The van der Waals surface area contributed by atoms with Crippen molar-refractivity contribution in [3.05, 3.63) is 38.3 Å². The normalized spacial score (nSPS) is 10.4. The topological polar surface area (TPSA) is 54.9 Å². The molecule has 0 fully saturated rings. The fourth-order valence-corrected chi connectivity index (χ4v) is 3.22. The van der Waals surface area contributed by atoms with Gasteiger partial charge in [0.25, 0.3) is 5.91 Å². The molecule has 1 N–H and O–H groups in total. The molecule has 0 saturated heterocycles. The van der Waals surface area contributed by atoms with Crippen molar-refractivity contribution in [2.24, 2.45) is 0 Å². The van der Waals surface area contributed by atoms with Crippen molar-refractivity contribution in [2.75, 3.05) is 5.32 Å². The first-order valence-corrected chi connectivity index (χ1v) is 7.10. The summed E-state index contributed by atoms with van der Waals surface area (Å²) >= 11 is 4.92. The van der Waals surface area contributed by atoms with Gasteiger partial charge in [-0.2, -0.15) is 0 Å². The summed E-state index contributed by atoms with van der Waals surface area (Å²) in [5.41, 5.74) is 0.821. The van der Waals surface area contributed by atoms with Crippen molar-refractivity contribution in [2.45, 2.75) is 20.3 Å². The predicted octanol–water partition coefficient (Wildman–Crippen LogP) is 3.42. The number of rotatable bonds is 3. The second kappa shape index (κ2) is 5.58. The molecule has 6 heteroatoms. The van der Waals surface area contributed by atoms with E-state index in [0.717, 1.165) is 21.5 Å². The fourth-order valence-electron chi connectivity index (χ4n) is 1.43. The molecule has 94 valence electrons. The number of nitrogens with one attached hydrogen (secondary N) is 1. The van der Waals surface area contributed by atoms with Gasteiger partial charge in [-0.25, -0.2) is 9.97 Å². The molecule has 2 rings (SSSR count). The lowest BCUT2D eigenvalue weighted by Gasteiger charge is -2.01. The molecule has 0 aliphatic carbocycles. The number of thiophene rings is 1. The van der Waals surface area contributed by atoms with Gasteiger partial charge in [-0.1, -0.05) is 6.92 Å². The summed E-state index contributed by atoms with van der Waals surface area (Å²) in [7, 11) is 0. The third-order valence-electron chi connectivity index (χ3n) is 2.32. The van der Waals surface area contributed by atoms with Gasteiger partial charge in [0.15, 0.2) is 0 Å². The Balaban J connectivity index is 2.16. The number of carbonyl (C=O) groups is 1. The summed E-state index contributed by atoms with van der Waals surface area (Å²) < 4.78 is 0.977. The molecule has 0 atom stereocenters. The molecule has 0 spiro atoms. The van der Waals surface area contributed by atoms with Crippen molar-refractivity contribution < 1.29 is 4.79 Å². The average Bonchev–Trinajstić information content (AvgIpc) is 2.70. The highest BCUT2D eigenvalue weighted by molar-refractivity contribution is 9.10. The van der Waals surface area contributed by atoms with Gasteiger partial charge in [-0.15, -0.1) is 11.3 Å². The van der Waals surface area contributed by atoms with E-state index in [1.807, 2.05) is 13.0 Å². The maximum absolute atomic E-state index is 12.0. The van der Waals surface area contributed by atoms with Crippen LogP contribution in [-0.4, -0.2) is 15.9 Å². The summed E-state index contributed by atoms with van der Waals surface area (Å²) in [4.78, 5) is 22.0. The van der Waals surface area contributed by atoms with Crippen molar-refractivity contribution in [3.8, 4) is 0 Å². The molecular formula is C12H12BrN3OS. The minimum Gasteiger partial charge on any atom is -0.290 e. The number of aromatic nitrogens is 2. The molecule has 2 aromatic rings. The molecular weight excluding hydrogens is 314 g/mol. The predicted molar refractivity (Wildman–Crippen MR) is 76.1 cm³/mol. The molecule has 4 nitrogen and oxygen atoms in total. The van der Waals surface area contributed by atoms with E-state index in [9.17, 15) is 4.79 Å². The number of hydrogen-bond donors (Lipinski definition) is 1. The first kappa shape index (κ1) is 13.2. The lowest BCUT2D eigenvalue weighted by molar-refractivity contribution is 0.102. The van der Waals surface area contributed by atoms with Gasteiger partial charge in [-0.05, 0) is 41.4 Å². The van der Waals surface area contributed by atoms with Gasteiger partial charge in [0.05, 0.1) is 4.88 Å². The van der Waals surface area contributed by atoms with E-state index >= 15 is 0 Å². The van der Waals surface area contributed by atoms with Crippen LogP contribution in [0.1, 0.15) is 27.2 Å². The summed E-state index contributed by atoms with van der Waals surface area (Å²) in [5, 5.41) is 2.69. The standard InChI is InChI=1S/C12H12BrN3OS/c1-3-9-8(13)6-10(18-9)11(17)16-12-14-5-4-7(2)15-12/h4-6H,3H2,1-2H3,(H,14,15,16,17). The first-order valence-electron chi connectivity index (χ1n) is 5.49. The summed E-state index contributed by atoms with van der Waals surface area (Å²) in [6.45, 7) is 3.91. The third kappa shape index (κ3) is 2.94. The Labute approximate surface area is 118 Å². The molecule has 0 saturated carbocycles. The Hall–Kier alpha value is -1.27. The Morgan fingerprint density at radius 1 is 1.56 bits per heavy atom. The third-order valence-corrected chi connectivity index (χ3v) is 4.57. The van der Waals surface area contributed by atoms with Gasteiger partial charge < -0.3 is 0 Å². The lowest BCUT2D eigenvalue weighted by atomic mass is 10.3. The number of nitrogens with zero attached hydrogens (tertiary/aromatic N) is 2. The van der Waals surface area contributed by atoms with Crippen molar-refractivity contribution >= 4 is 39.1 Å². The molecule has 0 bridgehead atoms. The van der Waals surface area contributed by atoms with Gasteiger partial charge in [0, 0.05) is 21.2 Å². The molecule has 1 amide bonds. The lowest BCUT2D eigenvalue weighted by Crippen LogP contribution is -2.12. The average molecular weight is 326 g/mol. The monoisotopic (exact) mass is 325 g/mol. The van der Waals surface area contributed by atoms with Crippen LogP contribution in [0.5, 0.6) is 0 Å². The molecule has 2 heterocycles. The Morgan fingerprint density at radius 2 is 2.33 bits per heavy atom. The summed E-state index contributed by atoms with van der Waals surface area (Å²) in [6, 6.07) is 3.61. The second-order valence-corrected chi connectivity index (χ2v) is 5.70. The van der Waals surface area contributed by atoms with Crippen molar-refractivity contribution in [3.63, 3.8) is 0 Å². The molecule has 2 aromatic heterocycles. The summed E-state index contributed by atoms with van der Waals surface area (Å²) in [6.07, 6.45) is 2.53. The number of halogens is 1. The maximum atomic E-state index is 12.0. The second-order valence-electron chi connectivity index (χ2n) is 3.71. The van der Waals surface area contributed by atoms with E-state index in [0.29, 0.717) is 10.8 Å². The van der Waals surface area contributed by atoms with Gasteiger partial charge in [-0.3, -0.25) is 10.1 Å². The summed E-state index contributed by atoms with van der Waals surface area (Å²) in [5.74, 6) is 0.161. The van der Waals surface area contributed by atoms with Gasteiger partial charge in [0.2, 0.25) is 5.95 Å². The Kier molecular flexibility index (Phi) is 4.08. The highest BCUT2D eigenvalue weighted by Gasteiger charge is 2.13. The van der Waals surface area contributed by atoms with Gasteiger partial charge in [0.1, 0.15) is 0 Å². The van der Waals surface area contributed by atoms with Crippen LogP contribution in [0.15, 0.2) is 22.8 Å². The van der Waals surface area contributed by atoms with E-state index in [-0.39, 0.29) is 5.91 Å². The Morgan fingerprint density at radius 3 is 2.94 bits per heavy atom. The molecule has 0 unspecified atom stereocenters. The maximum Gasteiger partial charge on any atom is 0.268 e. The quantitative estimate of drug-likeness (QED) is 0.940. The SMILES string of the molecule is CCc1sc(C(=O)Nc2nccc(C)n2)cc1Br. The van der Waals surface area contributed by atoms with Crippen LogP contribution in [0, 0.1) is 6.92 Å². The number of hydrogen-bond acceptors (Lipinski definition) is 4. The molecule has 18 heavy (non-hydrogen) atoms. The van der Waals surface area contributed by atoms with E-state index in [1.54, 1.807) is 12.3 Å². The van der Waals surface area contributed by atoms with Crippen LogP contribution >= 0.6 is 27.3 Å². The molecule has 0 radical (unpaired) electrons. The van der Waals surface area contributed by atoms with Gasteiger partial charge >= 0.3 is 0 Å². The highest BCUT2D eigenvalue weighted by atomic mass is 79.9. The van der Waals surface area contributed by atoms with Crippen LogP contribution in [0.2, 0.25) is 0 Å². The zero-order valence-corrected chi connectivity index (χ0v) is 12.4. The van der Waals surface area contributed by atoms with Crippen LogP contribution in [-0.2, 0) is 6.42 Å². The van der Waals surface area contributed by atoms with E-state index in [2.05, 4.69) is 38.1 Å². The Bertz CT molecular complexity index is 582. The van der Waals surface area contributed by atoms with Crippen molar-refractivity contribution in [1.29, 1.82) is 0 Å². The number of anilines is 1. The van der Waals surface area contributed by atoms with Crippen LogP contribution in [0.4, 0.5) is 5.95 Å². The molecule has 0 aliphatic rings. The minimum atomic E-state index is -0.175.